The number of hydrogen-bond donors (Lipinski definition) is 0. The van der Waals surface area contributed by atoms with Crippen LogP contribution in [0.2, 0.25) is 0 Å². The third kappa shape index (κ3) is 3.14. The lowest BCUT2D eigenvalue weighted by Gasteiger charge is -2.08. The number of fused-ring (bicyclic) bond motifs is 1. The fourth-order valence-corrected chi connectivity index (χ4v) is 4.32. The van der Waals surface area contributed by atoms with E-state index in [-0.39, 0.29) is 5.56 Å². The first kappa shape index (κ1) is 16.1. The predicted octanol–water partition coefficient (Wildman–Crippen LogP) is 3.23. The third-order valence-electron chi connectivity index (χ3n) is 4.54. The van der Waals surface area contributed by atoms with E-state index >= 15 is 0 Å². The molecule has 1 aliphatic rings. The minimum absolute atomic E-state index is 0.188. The van der Waals surface area contributed by atoms with E-state index in [1.54, 1.807) is 11.8 Å². The molecule has 0 radical (unpaired) electrons. The topological polar surface area (TPSA) is 52.7 Å². The number of nitrogens with zero attached hydrogens (tertiary/aromatic N) is 4. The van der Waals surface area contributed by atoms with E-state index in [9.17, 15) is 4.79 Å². The molecule has 0 saturated carbocycles. The van der Waals surface area contributed by atoms with E-state index in [4.69, 9.17) is 5.10 Å². The lowest BCUT2D eigenvalue weighted by molar-refractivity contribution is 0.640. The summed E-state index contributed by atoms with van der Waals surface area (Å²) in [4.78, 5) is 15.7. The second-order valence-electron chi connectivity index (χ2n) is 6.10. The Morgan fingerprint density at radius 1 is 1.16 bits per heavy atom. The van der Waals surface area contributed by atoms with Crippen molar-refractivity contribution >= 4 is 11.8 Å². The first-order valence-electron chi connectivity index (χ1n) is 8.61. The highest BCUT2D eigenvalue weighted by Crippen LogP contribution is 2.31. The zero-order valence-electron chi connectivity index (χ0n) is 14.2. The zero-order chi connectivity index (χ0) is 17.2. The molecule has 4 rings (SSSR count). The molecule has 0 N–H and O–H groups in total. The molecule has 1 aliphatic carbocycles. The molecule has 0 saturated heterocycles. The SMILES string of the molecule is CCn1ccc(=O)nc1SCc1nn(-c2ccccc2)c2c1CCC2. The van der Waals surface area contributed by atoms with Crippen LogP contribution < -0.4 is 5.56 Å². The third-order valence-corrected chi connectivity index (χ3v) is 5.54. The van der Waals surface area contributed by atoms with Crippen LogP contribution in [-0.2, 0) is 25.1 Å². The minimum Gasteiger partial charge on any atom is -0.328 e. The van der Waals surface area contributed by atoms with Gasteiger partial charge in [-0.25, -0.2) is 4.68 Å². The number of thioether (sulfide) groups is 1. The Morgan fingerprint density at radius 2 is 2.00 bits per heavy atom. The van der Waals surface area contributed by atoms with E-state index < -0.39 is 0 Å². The van der Waals surface area contributed by atoms with E-state index in [2.05, 4.69) is 28.7 Å². The standard InChI is InChI=1S/C19H20N4OS/c1-2-22-12-11-18(24)20-19(22)25-13-16-15-9-6-10-17(15)23(21-16)14-7-4-3-5-8-14/h3-5,7-8,11-12H,2,6,9-10,13H2,1H3. The van der Waals surface area contributed by atoms with Gasteiger partial charge >= 0.3 is 0 Å². The van der Waals surface area contributed by atoms with Gasteiger partial charge in [-0.1, -0.05) is 30.0 Å². The molecule has 3 aromatic rings. The van der Waals surface area contributed by atoms with E-state index in [0.29, 0.717) is 0 Å². The quantitative estimate of drug-likeness (QED) is 0.523. The molecular weight excluding hydrogens is 332 g/mol. The summed E-state index contributed by atoms with van der Waals surface area (Å²) >= 11 is 1.59. The van der Waals surface area contributed by atoms with Crippen molar-refractivity contribution in [2.24, 2.45) is 0 Å². The minimum atomic E-state index is -0.188. The largest absolute Gasteiger partial charge is 0.328 e. The Balaban J connectivity index is 1.64. The van der Waals surface area contributed by atoms with Crippen LogP contribution in [-0.4, -0.2) is 19.3 Å². The average molecular weight is 352 g/mol. The van der Waals surface area contributed by atoms with Crippen LogP contribution in [0.15, 0.2) is 52.5 Å². The number of aryl methyl sites for hydroxylation is 1. The highest BCUT2D eigenvalue weighted by Gasteiger charge is 2.23. The molecule has 0 amide bonds. The Bertz CT molecular complexity index is 946. The molecule has 0 fully saturated rings. The maximum absolute atomic E-state index is 11.6. The van der Waals surface area contributed by atoms with Crippen molar-refractivity contribution in [1.82, 2.24) is 19.3 Å². The van der Waals surface area contributed by atoms with Gasteiger partial charge in [0.05, 0.1) is 11.4 Å². The van der Waals surface area contributed by atoms with Crippen LogP contribution in [0.1, 0.15) is 30.3 Å². The van der Waals surface area contributed by atoms with Crippen LogP contribution in [0.4, 0.5) is 0 Å². The molecule has 6 heteroatoms. The molecule has 5 nitrogen and oxygen atoms in total. The molecule has 128 valence electrons. The summed E-state index contributed by atoms with van der Waals surface area (Å²) in [7, 11) is 0. The first-order valence-corrected chi connectivity index (χ1v) is 9.60. The van der Waals surface area contributed by atoms with Gasteiger partial charge in [-0.15, -0.1) is 0 Å². The van der Waals surface area contributed by atoms with Crippen molar-refractivity contribution in [1.29, 1.82) is 0 Å². The lowest BCUT2D eigenvalue weighted by atomic mass is 10.2. The Kier molecular flexibility index (Phi) is 4.44. The Morgan fingerprint density at radius 3 is 2.80 bits per heavy atom. The molecule has 0 spiro atoms. The molecule has 0 bridgehead atoms. The molecule has 0 aliphatic heterocycles. The van der Waals surface area contributed by atoms with Gasteiger partial charge in [0.15, 0.2) is 5.16 Å². The number of hydrogen-bond acceptors (Lipinski definition) is 4. The molecule has 2 aromatic heterocycles. The molecule has 2 heterocycles. The van der Waals surface area contributed by atoms with Crippen molar-refractivity contribution in [3.63, 3.8) is 0 Å². The Labute approximate surface area is 150 Å². The van der Waals surface area contributed by atoms with Crippen LogP contribution in [0.3, 0.4) is 0 Å². The van der Waals surface area contributed by atoms with E-state index in [1.807, 2.05) is 29.0 Å². The van der Waals surface area contributed by atoms with Crippen LogP contribution >= 0.6 is 11.8 Å². The summed E-state index contributed by atoms with van der Waals surface area (Å²) in [5, 5.41) is 5.64. The van der Waals surface area contributed by atoms with Crippen LogP contribution in [0.5, 0.6) is 0 Å². The molecule has 0 atom stereocenters. The van der Waals surface area contributed by atoms with Gasteiger partial charge in [-0.2, -0.15) is 10.1 Å². The molecular formula is C19H20N4OS. The number of aromatic nitrogens is 4. The average Bonchev–Trinajstić information content (AvgIpc) is 3.24. The normalized spacial score (nSPS) is 13.2. The molecule has 1 aromatic carbocycles. The number of benzene rings is 1. The maximum Gasteiger partial charge on any atom is 0.273 e. The van der Waals surface area contributed by atoms with Gasteiger partial charge < -0.3 is 4.57 Å². The monoisotopic (exact) mass is 352 g/mol. The second kappa shape index (κ2) is 6.88. The lowest BCUT2D eigenvalue weighted by Crippen LogP contribution is -2.12. The summed E-state index contributed by atoms with van der Waals surface area (Å²) in [6.07, 6.45) is 5.15. The number of para-hydroxylation sites is 1. The van der Waals surface area contributed by atoms with Gasteiger partial charge in [0.25, 0.3) is 5.56 Å². The van der Waals surface area contributed by atoms with Gasteiger partial charge in [0.2, 0.25) is 0 Å². The second-order valence-corrected chi connectivity index (χ2v) is 7.04. The summed E-state index contributed by atoms with van der Waals surface area (Å²) in [5.74, 6) is 0.735. The van der Waals surface area contributed by atoms with Crippen molar-refractivity contribution in [3.05, 3.63) is 69.9 Å². The fraction of sp³-hybridized carbons (Fsp3) is 0.316. The van der Waals surface area contributed by atoms with Crippen molar-refractivity contribution < 1.29 is 0 Å². The van der Waals surface area contributed by atoms with Crippen LogP contribution in [0.25, 0.3) is 5.69 Å². The van der Waals surface area contributed by atoms with Crippen molar-refractivity contribution in [2.75, 3.05) is 0 Å². The van der Waals surface area contributed by atoms with Gasteiger partial charge in [0, 0.05) is 30.3 Å². The Hall–Kier alpha value is -2.34. The summed E-state index contributed by atoms with van der Waals surface area (Å²) in [5.41, 5.74) is 4.74. The number of rotatable bonds is 5. The summed E-state index contributed by atoms with van der Waals surface area (Å²) in [6.45, 7) is 2.85. The predicted molar refractivity (Wildman–Crippen MR) is 99.3 cm³/mol. The van der Waals surface area contributed by atoms with E-state index in [1.165, 1.54) is 23.7 Å². The molecule has 0 unspecified atom stereocenters. The zero-order valence-corrected chi connectivity index (χ0v) is 15.0. The van der Waals surface area contributed by atoms with Gasteiger partial charge in [0.1, 0.15) is 0 Å². The highest BCUT2D eigenvalue weighted by atomic mass is 32.2. The smallest absolute Gasteiger partial charge is 0.273 e. The fourth-order valence-electron chi connectivity index (χ4n) is 3.31. The van der Waals surface area contributed by atoms with Crippen molar-refractivity contribution in [3.8, 4) is 5.69 Å². The first-order chi connectivity index (χ1) is 12.3. The van der Waals surface area contributed by atoms with Crippen molar-refractivity contribution in [2.45, 2.75) is 43.6 Å². The highest BCUT2D eigenvalue weighted by molar-refractivity contribution is 7.98. The van der Waals surface area contributed by atoms with Gasteiger partial charge in [-0.3, -0.25) is 4.79 Å². The van der Waals surface area contributed by atoms with E-state index in [0.717, 1.165) is 41.7 Å². The maximum atomic E-state index is 11.6. The van der Waals surface area contributed by atoms with Gasteiger partial charge in [-0.05, 0) is 43.9 Å². The molecule has 25 heavy (non-hydrogen) atoms. The van der Waals surface area contributed by atoms with Crippen LogP contribution in [0, 0.1) is 0 Å². The summed E-state index contributed by atoms with van der Waals surface area (Å²) in [6, 6.07) is 11.8. The summed E-state index contributed by atoms with van der Waals surface area (Å²) < 4.78 is 4.09.